The van der Waals surface area contributed by atoms with E-state index in [0.717, 1.165) is 55.7 Å². The Morgan fingerprint density at radius 3 is 1.73 bits per heavy atom. The lowest BCUT2D eigenvalue weighted by Crippen LogP contribution is -2.09. The lowest BCUT2D eigenvalue weighted by Gasteiger charge is -2.26. The van der Waals surface area contributed by atoms with Crippen molar-refractivity contribution in [2.75, 3.05) is 4.90 Å². The van der Waals surface area contributed by atoms with Crippen LogP contribution in [0.15, 0.2) is 192 Å². The summed E-state index contributed by atoms with van der Waals surface area (Å²) in [5.74, 6) is 0. The molecule has 0 unspecified atom stereocenters. The summed E-state index contributed by atoms with van der Waals surface area (Å²) in [5, 5.41) is 4.88. The highest BCUT2D eigenvalue weighted by atomic mass is 32.1. The van der Waals surface area contributed by atoms with E-state index in [4.69, 9.17) is 4.42 Å². The average Bonchev–Trinajstić information content (AvgIpc) is 3.77. The Hall–Kier alpha value is -6.42. The number of para-hydroxylation sites is 2. The van der Waals surface area contributed by atoms with Gasteiger partial charge in [0.25, 0.3) is 0 Å². The van der Waals surface area contributed by atoms with Crippen molar-refractivity contribution in [1.29, 1.82) is 0 Å². The van der Waals surface area contributed by atoms with E-state index in [-0.39, 0.29) is 0 Å². The number of benzene rings is 8. The predicted octanol–water partition coefficient (Wildman–Crippen LogP) is 14.4. The van der Waals surface area contributed by atoms with Gasteiger partial charge < -0.3 is 9.32 Å². The summed E-state index contributed by atoms with van der Waals surface area (Å²) in [5.41, 5.74) is 12.2. The number of nitrogens with zero attached hydrogens (tertiary/aromatic N) is 1. The summed E-state index contributed by atoms with van der Waals surface area (Å²) in [7, 11) is 0. The van der Waals surface area contributed by atoms with Crippen LogP contribution in [0.3, 0.4) is 0 Å². The zero-order chi connectivity index (χ0) is 33.7. The van der Waals surface area contributed by atoms with E-state index in [0.29, 0.717) is 0 Å². The molecular formula is C48H31NOS. The lowest BCUT2D eigenvalue weighted by molar-refractivity contribution is 0.670. The molecule has 240 valence electrons. The van der Waals surface area contributed by atoms with Crippen molar-refractivity contribution in [3.8, 4) is 33.4 Å². The van der Waals surface area contributed by atoms with Gasteiger partial charge in [-0.2, -0.15) is 0 Å². The maximum Gasteiger partial charge on any atom is 0.143 e. The highest BCUT2D eigenvalue weighted by molar-refractivity contribution is 7.25. The first-order chi connectivity index (χ1) is 25.3. The molecule has 10 rings (SSSR count). The van der Waals surface area contributed by atoms with Crippen molar-refractivity contribution in [3.05, 3.63) is 188 Å². The molecule has 0 aliphatic rings. The second kappa shape index (κ2) is 12.2. The van der Waals surface area contributed by atoms with Crippen LogP contribution in [0.4, 0.5) is 17.1 Å². The van der Waals surface area contributed by atoms with Crippen LogP contribution >= 0.6 is 11.3 Å². The minimum absolute atomic E-state index is 0.910. The average molecular weight is 670 g/mol. The minimum atomic E-state index is 0.910. The normalized spacial score (nSPS) is 11.5. The first kappa shape index (κ1) is 29.5. The van der Waals surface area contributed by atoms with Gasteiger partial charge in [-0.05, 0) is 76.3 Å². The summed E-state index contributed by atoms with van der Waals surface area (Å²) < 4.78 is 9.05. The zero-order valence-corrected chi connectivity index (χ0v) is 28.5. The molecule has 3 heteroatoms. The van der Waals surface area contributed by atoms with E-state index in [1.807, 2.05) is 23.5 Å². The molecule has 51 heavy (non-hydrogen) atoms. The third-order valence-corrected chi connectivity index (χ3v) is 11.0. The number of hydrogen-bond donors (Lipinski definition) is 0. The van der Waals surface area contributed by atoms with E-state index < -0.39 is 0 Å². The fourth-order valence-corrected chi connectivity index (χ4v) is 8.59. The van der Waals surface area contributed by atoms with Crippen molar-refractivity contribution >= 4 is 70.5 Å². The number of fused-ring (bicyclic) bond motifs is 6. The van der Waals surface area contributed by atoms with Crippen LogP contribution < -0.4 is 4.90 Å². The topological polar surface area (TPSA) is 16.4 Å². The molecule has 0 saturated carbocycles. The minimum Gasteiger partial charge on any atom is -0.455 e. The summed E-state index contributed by atoms with van der Waals surface area (Å²) >= 11 is 1.85. The molecule has 2 nitrogen and oxygen atoms in total. The van der Waals surface area contributed by atoms with Gasteiger partial charge in [0, 0.05) is 53.6 Å². The molecule has 2 aromatic heterocycles. The van der Waals surface area contributed by atoms with Crippen molar-refractivity contribution in [2.45, 2.75) is 0 Å². The number of rotatable bonds is 6. The highest BCUT2D eigenvalue weighted by Crippen LogP contribution is 2.43. The molecule has 10 aromatic rings. The molecule has 0 amide bonds. The van der Waals surface area contributed by atoms with Crippen LogP contribution in [-0.4, -0.2) is 0 Å². The van der Waals surface area contributed by atoms with Crippen molar-refractivity contribution in [1.82, 2.24) is 0 Å². The van der Waals surface area contributed by atoms with Crippen LogP contribution in [0.25, 0.3) is 75.5 Å². The van der Waals surface area contributed by atoms with Gasteiger partial charge in [-0.15, -0.1) is 11.3 Å². The maximum atomic E-state index is 6.46. The largest absolute Gasteiger partial charge is 0.455 e. The Labute approximate surface area is 300 Å². The van der Waals surface area contributed by atoms with Crippen LogP contribution in [-0.2, 0) is 0 Å². The first-order valence-corrected chi connectivity index (χ1v) is 18.1. The molecule has 0 aliphatic heterocycles. The highest BCUT2D eigenvalue weighted by Gasteiger charge is 2.18. The van der Waals surface area contributed by atoms with Gasteiger partial charge in [0.05, 0.1) is 0 Å². The lowest BCUT2D eigenvalue weighted by atomic mass is 9.93. The van der Waals surface area contributed by atoms with E-state index in [1.165, 1.54) is 36.9 Å². The molecule has 0 aliphatic carbocycles. The van der Waals surface area contributed by atoms with Gasteiger partial charge in [-0.3, -0.25) is 0 Å². The van der Waals surface area contributed by atoms with Crippen LogP contribution in [0.2, 0.25) is 0 Å². The second-order valence-corrected chi connectivity index (χ2v) is 14.0. The first-order valence-electron chi connectivity index (χ1n) is 17.3. The molecular weight excluding hydrogens is 639 g/mol. The molecule has 0 atom stereocenters. The summed E-state index contributed by atoms with van der Waals surface area (Å²) in [6.45, 7) is 0. The molecule has 0 saturated heterocycles. The van der Waals surface area contributed by atoms with Crippen molar-refractivity contribution in [2.24, 2.45) is 0 Å². The fraction of sp³-hybridized carbons (Fsp3) is 0. The Kier molecular flexibility index (Phi) is 7.04. The number of anilines is 3. The Morgan fingerprint density at radius 1 is 0.353 bits per heavy atom. The number of furan rings is 1. The summed E-state index contributed by atoms with van der Waals surface area (Å²) in [6.07, 6.45) is 0. The maximum absolute atomic E-state index is 6.46. The fourth-order valence-electron chi connectivity index (χ4n) is 7.45. The van der Waals surface area contributed by atoms with Gasteiger partial charge >= 0.3 is 0 Å². The van der Waals surface area contributed by atoms with Crippen LogP contribution in [0.5, 0.6) is 0 Å². The molecule has 0 radical (unpaired) electrons. The van der Waals surface area contributed by atoms with Crippen molar-refractivity contribution in [3.63, 3.8) is 0 Å². The van der Waals surface area contributed by atoms with Gasteiger partial charge in [-0.1, -0.05) is 140 Å². The van der Waals surface area contributed by atoms with E-state index in [2.05, 4.69) is 181 Å². The molecule has 0 fully saturated rings. The standard InChI is InChI=1S/C48H31NOS/c1-2-11-32(12-3-1)33-21-25-35(26-22-33)49(37-29-30-42-41-16-7-9-20-46(41)51-47(42)31-37)36-27-23-34(24-28-36)38-13-4-5-14-39(38)43-17-10-18-44-40-15-6-8-19-45(40)50-48(43)44/h1-31H. The molecule has 0 N–H and O–H groups in total. The van der Waals surface area contributed by atoms with E-state index in [9.17, 15) is 0 Å². The van der Waals surface area contributed by atoms with E-state index >= 15 is 0 Å². The molecule has 0 spiro atoms. The number of thiophene rings is 1. The van der Waals surface area contributed by atoms with Gasteiger partial charge in [0.15, 0.2) is 0 Å². The molecule has 8 aromatic carbocycles. The monoisotopic (exact) mass is 669 g/mol. The Balaban J connectivity index is 1.08. The summed E-state index contributed by atoms with van der Waals surface area (Å²) in [4.78, 5) is 2.36. The van der Waals surface area contributed by atoms with Gasteiger partial charge in [0.1, 0.15) is 11.2 Å². The SMILES string of the molecule is c1ccc(-c2ccc(N(c3ccc(-c4ccccc4-c4cccc5c4oc4ccccc45)cc3)c3ccc4c(c3)sc3ccccc34)cc2)cc1. The smallest absolute Gasteiger partial charge is 0.143 e. The third-order valence-electron chi connectivity index (χ3n) is 9.91. The second-order valence-electron chi connectivity index (χ2n) is 12.9. The summed E-state index contributed by atoms with van der Waals surface area (Å²) in [6, 6.07) is 67.4. The zero-order valence-electron chi connectivity index (χ0n) is 27.7. The van der Waals surface area contributed by atoms with Crippen LogP contribution in [0, 0.1) is 0 Å². The van der Waals surface area contributed by atoms with Gasteiger partial charge in [-0.25, -0.2) is 0 Å². The van der Waals surface area contributed by atoms with E-state index in [1.54, 1.807) is 0 Å². The predicted molar refractivity (Wildman–Crippen MR) is 218 cm³/mol. The van der Waals surface area contributed by atoms with Crippen LogP contribution in [0.1, 0.15) is 0 Å². The van der Waals surface area contributed by atoms with Gasteiger partial charge in [0.2, 0.25) is 0 Å². The molecule has 2 heterocycles. The third kappa shape index (κ3) is 5.10. The quantitative estimate of drug-likeness (QED) is 0.175. The Morgan fingerprint density at radius 2 is 0.922 bits per heavy atom. The number of hydrogen-bond acceptors (Lipinski definition) is 3. The van der Waals surface area contributed by atoms with Crippen molar-refractivity contribution < 1.29 is 4.42 Å². The molecule has 0 bridgehead atoms. The Bertz CT molecular complexity index is 2850.